The molecule has 21 heavy (non-hydrogen) atoms. The Morgan fingerprint density at radius 3 is 3.00 bits per heavy atom. The molecule has 0 saturated carbocycles. The Morgan fingerprint density at radius 1 is 1.43 bits per heavy atom. The van der Waals surface area contributed by atoms with E-state index in [0.717, 1.165) is 36.6 Å². The van der Waals surface area contributed by atoms with Crippen molar-refractivity contribution in [3.63, 3.8) is 0 Å². The quantitative estimate of drug-likeness (QED) is 0.939. The molecule has 1 fully saturated rings. The fraction of sp³-hybridized carbons (Fsp3) is 0.625. The van der Waals surface area contributed by atoms with Gasteiger partial charge in [-0.1, -0.05) is 20.8 Å². The van der Waals surface area contributed by atoms with Crippen LogP contribution in [0.4, 0.5) is 5.82 Å². The summed E-state index contributed by atoms with van der Waals surface area (Å²) in [4.78, 5) is 4.45. The van der Waals surface area contributed by atoms with Crippen LogP contribution in [0.25, 0.3) is 5.52 Å². The molecular weight excluding hydrogens is 264 g/mol. The van der Waals surface area contributed by atoms with Crippen molar-refractivity contribution < 1.29 is 4.74 Å². The normalized spacial score (nSPS) is 19.3. The molecule has 1 aliphatic rings. The molecule has 1 aliphatic heterocycles. The predicted molar refractivity (Wildman–Crippen MR) is 83.8 cm³/mol. The highest BCUT2D eigenvalue weighted by Gasteiger charge is 2.19. The van der Waals surface area contributed by atoms with Crippen LogP contribution in [0, 0.1) is 0 Å². The molecule has 0 aromatic carbocycles. The number of rotatable bonds is 4. The van der Waals surface area contributed by atoms with Crippen molar-refractivity contribution in [1.82, 2.24) is 14.6 Å². The van der Waals surface area contributed by atoms with Gasteiger partial charge in [0.1, 0.15) is 5.52 Å². The zero-order valence-electron chi connectivity index (χ0n) is 13.1. The molecule has 2 aromatic heterocycles. The van der Waals surface area contributed by atoms with Crippen LogP contribution in [-0.2, 0) is 10.2 Å². The van der Waals surface area contributed by atoms with E-state index in [2.05, 4.69) is 42.2 Å². The van der Waals surface area contributed by atoms with E-state index in [0.29, 0.717) is 6.10 Å². The number of hydrogen-bond acceptors (Lipinski definition) is 4. The molecule has 1 saturated heterocycles. The monoisotopic (exact) mass is 288 g/mol. The summed E-state index contributed by atoms with van der Waals surface area (Å²) >= 11 is 0. The van der Waals surface area contributed by atoms with E-state index < -0.39 is 0 Å². The van der Waals surface area contributed by atoms with Crippen molar-refractivity contribution in [1.29, 1.82) is 0 Å². The Labute approximate surface area is 125 Å². The van der Waals surface area contributed by atoms with Crippen molar-refractivity contribution in [2.24, 2.45) is 0 Å². The SMILES string of the molecule is CC(C)(C)c1cc2c(NCCC3CCCO3)nccn2n1. The summed E-state index contributed by atoms with van der Waals surface area (Å²) in [6.45, 7) is 8.32. The van der Waals surface area contributed by atoms with Crippen LogP contribution in [0.3, 0.4) is 0 Å². The first-order valence-electron chi connectivity index (χ1n) is 7.74. The summed E-state index contributed by atoms with van der Waals surface area (Å²) in [5, 5.41) is 8.07. The van der Waals surface area contributed by atoms with Crippen LogP contribution in [0.1, 0.15) is 45.7 Å². The Hall–Kier alpha value is -1.62. The average Bonchev–Trinajstić information content (AvgIpc) is 3.06. The van der Waals surface area contributed by atoms with Gasteiger partial charge < -0.3 is 10.1 Å². The fourth-order valence-corrected chi connectivity index (χ4v) is 2.65. The largest absolute Gasteiger partial charge is 0.378 e. The van der Waals surface area contributed by atoms with Crippen molar-refractivity contribution >= 4 is 11.3 Å². The number of ether oxygens (including phenoxy) is 1. The van der Waals surface area contributed by atoms with Gasteiger partial charge in [0.25, 0.3) is 0 Å². The highest BCUT2D eigenvalue weighted by atomic mass is 16.5. The second kappa shape index (κ2) is 5.64. The van der Waals surface area contributed by atoms with Crippen molar-refractivity contribution in [3.05, 3.63) is 24.2 Å². The van der Waals surface area contributed by atoms with Gasteiger partial charge in [-0.15, -0.1) is 0 Å². The smallest absolute Gasteiger partial charge is 0.152 e. The molecule has 0 spiro atoms. The molecule has 1 N–H and O–H groups in total. The third-order valence-corrected chi connectivity index (χ3v) is 3.94. The van der Waals surface area contributed by atoms with E-state index in [-0.39, 0.29) is 5.41 Å². The number of fused-ring (bicyclic) bond motifs is 1. The lowest BCUT2D eigenvalue weighted by molar-refractivity contribution is 0.107. The Bertz CT molecular complexity index is 608. The second-order valence-electron chi connectivity index (χ2n) is 6.74. The third kappa shape index (κ3) is 3.18. The summed E-state index contributed by atoms with van der Waals surface area (Å²) < 4.78 is 7.55. The van der Waals surface area contributed by atoms with E-state index >= 15 is 0 Å². The van der Waals surface area contributed by atoms with Crippen LogP contribution in [0.15, 0.2) is 18.5 Å². The van der Waals surface area contributed by atoms with Gasteiger partial charge in [0.2, 0.25) is 0 Å². The van der Waals surface area contributed by atoms with Crippen molar-refractivity contribution in [2.45, 2.75) is 51.6 Å². The lowest BCUT2D eigenvalue weighted by Crippen LogP contribution is -2.13. The van der Waals surface area contributed by atoms with Gasteiger partial charge in [0.05, 0.1) is 11.8 Å². The number of hydrogen-bond donors (Lipinski definition) is 1. The van der Waals surface area contributed by atoms with Crippen LogP contribution in [0.2, 0.25) is 0 Å². The summed E-state index contributed by atoms with van der Waals surface area (Å²) in [5.41, 5.74) is 2.16. The lowest BCUT2D eigenvalue weighted by atomic mass is 9.92. The van der Waals surface area contributed by atoms with Gasteiger partial charge in [-0.25, -0.2) is 9.50 Å². The number of nitrogens with one attached hydrogen (secondary N) is 1. The number of anilines is 1. The molecule has 114 valence electrons. The first-order chi connectivity index (χ1) is 10.0. The highest BCUT2D eigenvalue weighted by molar-refractivity contribution is 5.68. The lowest BCUT2D eigenvalue weighted by Gasteiger charge is -2.13. The molecule has 0 bridgehead atoms. The van der Waals surface area contributed by atoms with E-state index in [1.54, 1.807) is 6.20 Å². The molecule has 3 heterocycles. The molecule has 2 aromatic rings. The Kier molecular flexibility index (Phi) is 3.85. The fourth-order valence-electron chi connectivity index (χ4n) is 2.65. The minimum Gasteiger partial charge on any atom is -0.378 e. The predicted octanol–water partition coefficient (Wildman–Crippen LogP) is 3.01. The van der Waals surface area contributed by atoms with Crippen LogP contribution in [-0.4, -0.2) is 33.9 Å². The summed E-state index contributed by atoms with van der Waals surface area (Å²) in [6, 6.07) is 2.13. The van der Waals surface area contributed by atoms with Gasteiger partial charge >= 0.3 is 0 Å². The maximum absolute atomic E-state index is 5.65. The maximum atomic E-state index is 5.65. The van der Waals surface area contributed by atoms with Crippen molar-refractivity contribution in [3.8, 4) is 0 Å². The van der Waals surface area contributed by atoms with Gasteiger partial charge in [-0.3, -0.25) is 0 Å². The van der Waals surface area contributed by atoms with Gasteiger partial charge in [0.15, 0.2) is 5.82 Å². The molecule has 5 heteroatoms. The Morgan fingerprint density at radius 2 is 2.29 bits per heavy atom. The minimum absolute atomic E-state index is 0.0426. The maximum Gasteiger partial charge on any atom is 0.152 e. The second-order valence-corrected chi connectivity index (χ2v) is 6.74. The standard InChI is InChI=1S/C16H24N4O/c1-16(2,3)14-11-13-15(18-8-9-20(13)19-14)17-7-6-12-5-4-10-21-12/h8-9,11-12H,4-7,10H2,1-3H3,(H,17,18). The van der Waals surface area contributed by atoms with E-state index in [4.69, 9.17) is 4.74 Å². The third-order valence-electron chi connectivity index (χ3n) is 3.94. The zero-order valence-corrected chi connectivity index (χ0v) is 13.1. The molecule has 5 nitrogen and oxygen atoms in total. The molecule has 1 unspecified atom stereocenters. The first-order valence-corrected chi connectivity index (χ1v) is 7.74. The number of aromatic nitrogens is 3. The van der Waals surface area contributed by atoms with E-state index in [1.165, 1.54) is 12.8 Å². The number of nitrogens with zero attached hydrogens (tertiary/aromatic N) is 3. The Balaban J connectivity index is 1.73. The van der Waals surface area contributed by atoms with Crippen LogP contribution < -0.4 is 5.32 Å². The van der Waals surface area contributed by atoms with Gasteiger partial charge in [-0.2, -0.15) is 5.10 Å². The topological polar surface area (TPSA) is 51.5 Å². The minimum atomic E-state index is 0.0426. The highest BCUT2D eigenvalue weighted by Crippen LogP contribution is 2.24. The van der Waals surface area contributed by atoms with Crippen molar-refractivity contribution in [2.75, 3.05) is 18.5 Å². The summed E-state index contributed by atoms with van der Waals surface area (Å²) in [6.07, 6.45) is 7.50. The molecule has 0 aliphatic carbocycles. The summed E-state index contributed by atoms with van der Waals surface area (Å²) in [7, 11) is 0. The molecule has 0 amide bonds. The van der Waals surface area contributed by atoms with Gasteiger partial charge in [0, 0.05) is 31.0 Å². The zero-order chi connectivity index (χ0) is 14.9. The van der Waals surface area contributed by atoms with E-state index in [9.17, 15) is 0 Å². The molecule has 1 atom stereocenters. The molecule has 3 rings (SSSR count). The average molecular weight is 288 g/mol. The van der Waals surface area contributed by atoms with Crippen LogP contribution >= 0.6 is 0 Å². The van der Waals surface area contributed by atoms with Gasteiger partial charge in [-0.05, 0) is 25.3 Å². The van der Waals surface area contributed by atoms with Crippen LogP contribution in [0.5, 0.6) is 0 Å². The summed E-state index contributed by atoms with van der Waals surface area (Å²) in [5.74, 6) is 0.901. The molecule has 0 radical (unpaired) electrons. The first kappa shape index (κ1) is 14.3. The molecular formula is C16H24N4O. The van der Waals surface area contributed by atoms with E-state index in [1.807, 2.05) is 10.7 Å².